The van der Waals surface area contributed by atoms with E-state index in [-0.39, 0.29) is 17.9 Å². The number of Topliss-reactive ketones (excluding diaryl/α,β-unsaturated/α-hetero) is 1. The number of carbonyl (C=O) groups excluding carboxylic acids is 1. The molecular formula is C10H17O3P. The van der Waals surface area contributed by atoms with Crippen LogP contribution in [0.1, 0.15) is 25.7 Å². The van der Waals surface area contributed by atoms with Crippen molar-refractivity contribution in [2.45, 2.75) is 25.7 Å². The van der Waals surface area contributed by atoms with E-state index in [2.05, 4.69) is 6.58 Å². The third kappa shape index (κ3) is 3.49. The lowest BCUT2D eigenvalue weighted by molar-refractivity contribution is -0.121. The second-order valence-electron chi connectivity index (χ2n) is 3.68. The molecule has 1 rings (SSSR count). The first kappa shape index (κ1) is 11.8. The molecule has 1 aliphatic carbocycles. The average Bonchev–Trinajstić information content (AvgIpc) is 2.18. The molecule has 1 fully saturated rings. The van der Waals surface area contributed by atoms with Crippen LogP contribution in [-0.2, 0) is 9.32 Å². The summed E-state index contributed by atoms with van der Waals surface area (Å²) in [6.07, 6.45) is 3.87. The molecular weight excluding hydrogens is 199 g/mol. The summed E-state index contributed by atoms with van der Waals surface area (Å²) in [6.45, 7) is 3.90. The minimum Gasteiger partial charge on any atom is -0.350 e. The van der Waals surface area contributed by atoms with E-state index < -0.39 is 8.38 Å². The molecule has 0 amide bonds. The Bertz CT molecular complexity index is 217. The molecule has 0 heterocycles. The number of hydrogen-bond acceptors (Lipinski definition) is 3. The molecule has 1 N–H and O–H groups in total. The van der Waals surface area contributed by atoms with Gasteiger partial charge in [-0.05, 0) is 25.7 Å². The van der Waals surface area contributed by atoms with Gasteiger partial charge in [0.1, 0.15) is 5.78 Å². The van der Waals surface area contributed by atoms with Crippen LogP contribution in [0.5, 0.6) is 0 Å². The van der Waals surface area contributed by atoms with Crippen molar-refractivity contribution in [3.63, 3.8) is 0 Å². The molecule has 3 nitrogen and oxygen atoms in total. The van der Waals surface area contributed by atoms with Gasteiger partial charge < -0.3 is 9.42 Å². The van der Waals surface area contributed by atoms with Crippen LogP contribution in [0.4, 0.5) is 0 Å². The molecule has 0 saturated heterocycles. The molecule has 80 valence electrons. The Hall–Kier alpha value is -0.240. The zero-order chi connectivity index (χ0) is 10.6. The van der Waals surface area contributed by atoms with Gasteiger partial charge in [0.05, 0.1) is 6.16 Å². The van der Waals surface area contributed by atoms with Gasteiger partial charge in [0, 0.05) is 13.0 Å². The van der Waals surface area contributed by atoms with Crippen molar-refractivity contribution >= 4 is 14.2 Å². The zero-order valence-electron chi connectivity index (χ0n) is 8.53. The standard InChI is InChI=1S/C10H17O3P/c1-8-3-5-9(6-4-8)10(11)7-14(12)13-2/h9,12H,1,3-7H2,2H3. The third-order valence-electron chi connectivity index (χ3n) is 2.65. The molecule has 1 saturated carbocycles. The van der Waals surface area contributed by atoms with Crippen LogP contribution < -0.4 is 0 Å². The van der Waals surface area contributed by atoms with Crippen LogP contribution in [0.15, 0.2) is 12.2 Å². The fourth-order valence-corrected chi connectivity index (χ4v) is 2.33. The molecule has 0 aliphatic heterocycles. The van der Waals surface area contributed by atoms with E-state index in [0.29, 0.717) is 0 Å². The summed E-state index contributed by atoms with van der Waals surface area (Å²) in [4.78, 5) is 20.8. The predicted octanol–water partition coefficient (Wildman–Crippen LogP) is 2.25. The summed E-state index contributed by atoms with van der Waals surface area (Å²) in [5, 5.41) is 0. The number of rotatable bonds is 4. The van der Waals surface area contributed by atoms with Crippen molar-refractivity contribution < 1.29 is 14.2 Å². The topological polar surface area (TPSA) is 46.5 Å². The number of hydrogen-bond donors (Lipinski definition) is 1. The Morgan fingerprint density at radius 3 is 2.71 bits per heavy atom. The largest absolute Gasteiger partial charge is 0.350 e. The number of carbonyl (C=O) groups is 1. The summed E-state index contributed by atoms with van der Waals surface area (Å²) < 4.78 is 4.71. The molecule has 0 bridgehead atoms. The van der Waals surface area contributed by atoms with Crippen molar-refractivity contribution in [1.82, 2.24) is 0 Å². The third-order valence-corrected chi connectivity index (χ3v) is 3.65. The maximum atomic E-state index is 11.6. The van der Waals surface area contributed by atoms with Gasteiger partial charge in [-0.2, -0.15) is 0 Å². The van der Waals surface area contributed by atoms with Crippen LogP contribution >= 0.6 is 8.38 Å². The molecule has 4 heteroatoms. The van der Waals surface area contributed by atoms with E-state index in [9.17, 15) is 9.69 Å². The average molecular weight is 216 g/mol. The first-order valence-corrected chi connectivity index (χ1v) is 6.23. The van der Waals surface area contributed by atoms with Crippen molar-refractivity contribution in [3.8, 4) is 0 Å². The van der Waals surface area contributed by atoms with E-state index in [0.717, 1.165) is 25.7 Å². The summed E-state index contributed by atoms with van der Waals surface area (Å²) >= 11 is 0. The summed E-state index contributed by atoms with van der Waals surface area (Å²) in [5.41, 5.74) is 1.24. The van der Waals surface area contributed by atoms with E-state index in [1.165, 1.54) is 12.7 Å². The van der Waals surface area contributed by atoms with Crippen molar-refractivity contribution in [3.05, 3.63) is 12.2 Å². The van der Waals surface area contributed by atoms with Crippen molar-refractivity contribution in [2.75, 3.05) is 13.3 Å². The van der Waals surface area contributed by atoms with Gasteiger partial charge >= 0.3 is 0 Å². The molecule has 0 spiro atoms. The molecule has 0 aromatic carbocycles. The minimum atomic E-state index is -1.53. The van der Waals surface area contributed by atoms with E-state index >= 15 is 0 Å². The quantitative estimate of drug-likeness (QED) is 0.579. The molecule has 0 aromatic heterocycles. The number of allylic oxidation sites excluding steroid dienone is 1. The molecule has 1 aliphatic rings. The first-order valence-electron chi connectivity index (χ1n) is 4.83. The van der Waals surface area contributed by atoms with Crippen LogP contribution in [-0.4, -0.2) is 23.9 Å². The Kier molecular flexibility index (Phi) is 4.73. The number of ketones is 1. The van der Waals surface area contributed by atoms with Gasteiger partial charge in [0.25, 0.3) is 0 Å². The maximum absolute atomic E-state index is 11.6. The lowest BCUT2D eigenvalue weighted by Gasteiger charge is -2.22. The second-order valence-corrected chi connectivity index (χ2v) is 5.07. The lowest BCUT2D eigenvalue weighted by Crippen LogP contribution is -2.20. The molecule has 0 radical (unpaired) electrons. The van der Waals surface area contributed by atoms with Gasteiger partial charge in [0.15, 0.2) is 8.38 Å². The highest BCUT2D eigenvalue weighted by Crippen LogP contribution is 2.34. The maximum Gasteiger partial charge on any atom is 0.175 e. The fourth-order valence-electron chi connectivity index (χ4n) is 1.67. The van der Waals surface area contributed by atoms with Crippen LogP contribution in [0.25, 0.3) is 0 Å². The fraction of sp³-hybridized carbons (Fsp3) is 0.700. The Balaban J connectivity index is 2.34. The zero-order valence-corrected chi connectivity index (χ0v) is 9.43. The Labute approximate surface area is 86.1 Å². The van der Waals surface area contributed by atoms with Crippen LogP contribution in [0.3, 0.4) is 0 Å². The van der Waals surface area contributed by atoms with E-state index in [1.54, 1.807) is 0 Å². The van der Waals surface area contributed by atoms with Crippen molar-refractivity contribution in [2.24, 2.45) is 5.92 Å². The Morgan fingerprint density at radius 2 is 2.21 bits per heavy atom. The van der Waals surface area contributed by atoms with Crippen LogP contribution in [0.2, 0.25) is 0 Å². The molecule has 1 unspecified atom stereocenters. The highest BCUT2D eigenvalue weighted by molar-refractivity contribution is 7.47. The van der Waals surface area contributed by atoms with Gasteiger partial charge in [0.2, 0.25) is 0 Å². The summed E-state index contributed by atoms with van der Waals surface area (Å²) in [6, 6.07) is 0. The highest BCUT2D eigenvalue weighted by atomic mass is 31.2. The Morgan fingerprint density at radius 1 is 1.64 bits per heavy atom. The minimum absolute atomic E-state index is 0.118. The summed E-state index contributed by atoms with van der Waals surface area (Å²) in [5.74, 6) is 0.265. The van der Waals surface area contributed by atoms with Gasteiger partial charge in [-0.3, -0.25) is 4.79 Å². The first-order chi connectivity index (χ1) is 6.63. The van der Waals surface area contributed by atoms with E-state index in [4.69, 9.17) is 4.52 Å². The predicted molar refractivity (Wildman–Crippen MR) is 57.1 cm³/mol. The summed E-state index contributed by atoms with van der Waals surface area (Å²) in [7, 11) is -0.0933. The monoisotopic (exact) mass is 216 g/mol. The van der Waals surface area contributed by atoms with Gasteiger partial charge in [-0.1, -0.05) is 12.2 Å². The second kappa shape index (κ2) is 5.59. The van der Waals surface area contributed by atoms with Gasteiger partial charge in [-0.25, -0.2) is 0 Å². The van der Waals surface area contributed by atoms with Gasteiger partial charge in [-0.15, -0.1) is 0 Å². The highest BCUT2D eigenvalue weighted by Gasteiger charge is 2.24. The molecule has 1 atom stereocenters. The lowest BCUT2D eigenvalue weighted by atomic mass is 9.84. The molecule has 0 aromatic rings. The smallest absolute Gasteiger partial charge is 0.175 e. The van der Waals surface area contributed by atoms with E-state index in [1.807, 2.05) is 0 Å². The molecule has 14 heavy (non-hydrogen) atoms. The SMILES string of the molecule is C=C1CCC(C(=O)CP(O)OC)CC1. The van der Waals surface area contributed by atoms with Crippen molar-refractivity contribution in [1.29, 1.82) is 0 Å². The normalized spacial score (nSPS) is 20.9. The van der Waals surface area contributed by atoms with Crippen LogP contribution in [0, 0.1) is 5.92 Å².